The number of carbonyl (C=O) groups is 3. The van der Waals surface area contributed by atoms with Crippen LogP contribution in [0.1, 0.15) is 290 Å². The van der Waals surface area contributed by atoms with Gasteiger partial charge in [0.05, 0.1) is 0 Å². The molecule has 0 fully saturated rings. The number of hydrogen-bond acceptors (Lipinski definition) is 6. The summed E-state index contributed by atoms with van der Waals surface area (Å²) in [4.78, 5) is 38.1. The van der Waals surface area contributed by atoms with Gasteiger partial charge in [-0.25, -0.2) is 0 Å². The number of ether oxygens (including phenoxy) is 3. The van der Waals surface area contributed by atoms with Crippen molar-refractivity contribution >= 4 is 17.9 Å². The van der Waals surface area contributed by atoms with Crippen molar-refractivity contribution in [2.75, 3.05) is 13.2 Å². The van der Waals surface area contributed by atoms with Gasteiger partial charge in [0.25, 0.3) is 0 Å². The van der Waals surface area contributed by atoms with Crippen molar-refractivity contribution in [3.05, 3.63) is 60.8 Å². The minimum atomic E-state index is -0.781. The summed E-state index contributed by atoms with van der Waals surface area (Å²) in [7, 11) is 0. The van der Waals surface area contributed by atoms with E-state index in [1.54, 1.807) is 0 Å². The molecule has 0 aliphatic heterocycles. The molecule has 0 N–H and O–H groups in total. The van der Waals surface area contributed by atoms with E-state index in [0.29, 0.717) is 19.3 Å². The maximum atomic E-state index is 12.9. The lowest BCUT2D eigenvalue weighted by Crippen LogP contribution is -2.30. The lowest BCUT2D eigenvalue weighted by atomic mass is 10.0. The molecule has 0 amide bonds. The molecule has 1 unspecified atom stereocenters. The van der Waals surface area contributed by atoms with E-state index in [2.05, 4.69) is 81.5 Å². The number of hydrogen-bond donors (Lipinski definition) is 0. The lowest BCUT2D eigenvalue weighted by molar-refractivity contribution is -0.167. The smallest absolute Gasteiger partial charge is 0.306 e. The number of carbonyl (C=O) groups excluding carboxylic acids is 3. The monoisotopic (exact) mass is 937 g/mol. The highest BCUT2D eigenvalue weighted by Gasteiger charge is 2.19. The molecule has 0 aromatic heterocycles. The first-order valence-corrected chi connectivity index (χ1v) is 28.8. The fraction of sp³-hybridized carbons (Fsp3) is 0.787. The molecular weight excluding hydrogens is 829 g/mol. The molecule has 0 radical (unpaired) electrons. The summed E-state index contributed by atoms with van der Waals surface area (Å²) in [5.41, 5.74) is 0. The van der Waals surface area contributed by atoms with Crippen LogP contribution in [0.15, 0.2) is 60.8 Å². The van der Waals surface area contributed by atoms with Crippen LogP contribution in [-0.2, 0) is 28.6 Å². The van der Waals surface area contributed by atoms with Crippen molar-refractivity contribution < 1.29 is 28.6 Å². The number of rotatable bonds is 52. The largest absolute Gasteiger partial charge is 0.462 e. The molecule has 0 spiro atoms. The average molecular weight is 938 g/mol. The average Bonchev–Trinajstić information content (AvgIpc) is 3.33. The topological polar surface area (TPSA) is 78.9 Å². The highest BCUT2D eigenvalue weighted by atomic mass is 16.6. The normalized spacial score (nSPS) is 12.5. The van der Waals surface area contributed by atoms with E-state index in [0.717, 1.165) is 96.3 Å². The molecule has 0 aromatic rings. The quantitative estimate of drug-likeness (QED) is 0.0262. The Morgan fingerprint density at radius 2 is 0.597 bits per heavy atom. The van der Waals surface area contributed by atoms with Gasteiger partial charge in [-0.2, -0.15) is 0 Å². The van der Waals surface area contributed by atoms with Gasteiger partial charge in [0.2, 0.25) is 0 Å². The summed E-state index contributed by atoms with van der Waals surface area (Å²) in [6.07, 6.45) is 69.3. The Kier molecular flexibility index (Phi) is 53.3. The molecule has 0 saturated carbocycles. The SMILES string of the molecule is CC/C=C\C/C=C\C/C=C\C/C=C\CCCCCCCCC(=O)OCC(COC(=O)CCCCCCC/C=C\CCCC)OC(=O)CCCCCCCCCCCCCCCCCCCCC. The molecule has 0 saturated heterocycles. The first-order chi connectivity index (χ1) is 33.0. The third-order valence-electron chi connectivity index (χ3n) is 12.5. The van der Waals surface area contributed by atoms with Crippen LogP contribution in [0.5, 0.6) is 0 Å². The zero-order valence-corrected chi connectivity index (χ0v) is 44.4. The molecule has 6 heteroatoms. The van der Waals surface area contributed by atoms with E-state index in [-0.39, 0.29) is 31.1 Å². The van der Waals surface area contributed by atoms with Crippen LogP contribution in [0, 0.1) is 0 Å². The van der Waals surface area contributed by atoms with Crippen molar-refractivity contribution in [3.8, 4) is 0 Å². The number of unbranched alkanes of at least 4 members (excludes halogenated alkanes) is 31. The van der Waals surface area contributed by atoms with Gasteiger partial charge < -0.3 is 14.2 Å². The minimum absolute atomic E-state index is 0.0810. The molecule has 0 aliphatic carbocycles. The van der Waals surface area contributed by atoms with E-state index in [9.17, 15) is 14.4 Å². The van der Waals surface area contributed by atoms with Gasteiger partial charge in [-0.1, -0.05) is 255 Å². The second-order valence-corrected chi connectivity index (χ2v) is 19.2. The van der Waals surface area contributed by atoms with Crippen LogP contribution >= 0.6 is 0 Å². The highest BCUT2D eigenvalue weighted by molar-refractivity contribution is 5.71. The second-order valence-electron chi connectivity index (χ2n) is 19.2. The lowest BCUT2D eigenvalue weighted by Gasteiger charge is -2.18. The molecular formula is C61H108O6. The van der Waals surface area contributed by atoms with E-state index in [1.165, 1.54) is 154 Å². The van der Waals surface area contributed by atoms with Crippen LogP contribution in [-0.4, -0.2) is 37.2 Å². The van der Waals surface area contributed by atoms with Crippen molar-refractivity contribution in [1.29, 1.82) is 0 Å². The van der Waals surface area contributed by atoms with Crippen LogP contribution in [0.2, 0.25) is 0 Å². The summed E-state index contributed by atoms with van der Waals surface area (Å²) in [6, 6.07) is 0. The molecule has 0 rings (SSSR count). The van der Waals surface area contributed by atoms with Crippen LogP contribution in [0.3, 0.4) is 0 Å². The number of esters is 3. The summed E-state index contributed by atoms with van der Waals surface area (Å²) in [6.45, 7) is 6.50. The molecule has 0 heterocycles. The molecule has 67 heavy (non-hydrogen) atoms. The predicted octanol–water partition coefficient (Wildman–Crippen LogP) is 19.2. The molecule has 388 valence electrons. The number of allylic oxidation sites excluding steroid dienone is 10. The van der Waals surface area contributed by atoms with E-state index in [4.69, 9.17) is 14.2 Å². The predicted molar refractivity (Wildman–Crippen MR) is 288 cm³/mol. The van der Waals surface area contributed by atoms with Gasteiger partial charge in [-0.15, -0.1) is 0 Å². The van der Waals surface area contributed by atoms with Gasteiger partial charge in [0, 0.05) is 19.3 Å². The molecule has 6 nitrogen and oxygen atoms in total. The summed E-state index contributed by atoms with van der Waals surface area (Å²) >= 11 is 0. The minimum Gasteiger partial charge on any atom is -0.462 e. The summed E-state index contributed by atoms with van der Waals surface area (Å²) in [5, 5.41) is 0. The Morgan fingerprint density at radius 1 is 0.313 bits per heavy atom. The van der Waals surface area contributed by atoms with Gasteiger partial charge in [0.1, 0.15) is 13.2 Å². The van der Waals surface area contributed by atoms with E-state index < -0.39 is 6.10 Å². The molecule has 0 aromatic carbocycles. The molecule has 0 bridgehead atoms. The van der Waals surface area contributed by atoms with Gasteiger partial charge in [-0.05, 0) is 77.0 Å². The van der Waals surface area contributed by atoms with Crippen molar-refractivity contribution in [2.24, 2.45) is 0 Å². The van der Waals surface area contributed by atoms with E-state index >= 15 is 0 Å². The van der Waals surface area contributed by atoms with Gasteiger partial charge in [0.15, 0.2) is 6.10 Å². The van der Waals surface area contributed by atoms with Gasteiger partial charge >= 0.3 is 17.9 Å². The van der Waals surface area contributed by atoms with Gasteiger partial charge in [-0.3, -0.25) is 14.4 Å². The van der Waals surface area contributed by atoms with Crippen LogP contribution in [0.25, 0.3) is 0 Å². The Bertz CT molecular complexity index is 1210. The first-order valence-electron chi connectivity index (χ1n) is 28.8. The highest BCUT2D eigenvalue weighted by Crippen LogP contribution is 2.16. The van der Waals surface area contributed by atoms with E-state index in [1.807, 2.05) is 0 Å². The fourth-order valence-corrected chi connectivity index (χ4v) is 8.18. The Balaban J connectivity index is 4.33. The third kappa shape index (κ3) is 53.9. The van der Waals surface area contributed by atoms with Crippen LogP contribution in [0.4, 0.5) is 0 Å². The Morgan fingerprint density at radius 3 is 0.970 bits per heavy atom. The molecule has 0 aliphatic rings. The third-order valence-corrected chi connectivity index (χ3v) is 12.5. The van der Waals surface area contributed by atoms with Crippen molar-refractivity contribution in [3.63, 3.8) is 0 Å². The second kappa shape index (κ2) is 55.7. The Labute approximate surface area is 415 Å². The molecule has 1 atom stereocenters. The maximum absolute atomic E-state index is 12.9. The zero-order valence-electron chi connectivity index (χ0n) is 44.4. The summed E-state index contributed by atoms with van der Waals surface area (Å²) < 4.78 is 16.8. The van der Waals surface area contributed by atoms with Crippen molar-refractivity contribution in [1.82, 2.24) is 0 Å². The van der Waals surface area contributed by atoms with Crippen molar-refractivity contribution in [2.45, 2.75) is 297 Å². The zero-order chi connectivity index (χ0) is 48.6. The summed E-state index contributed by atoms with van der Waals surface area (Å²) in [5.74, 6) is -0.892. The Hall–Kier alpha value is -2.89. The maximum Gasteiger partial charge on any atom is 0.306 e. The fourth-order valence-electron chi connectivity index (χ4n) is 8.18. The van der Waals surface area contributed by atoms with Crippen LogP contribution < -0.4 is 0 Å². The standard InChI is InChI=1S/C61H108O6/c1-4-7-10-13-16-19-22-24-26-28-30-32-34-36-39-42-45-48-51-54-60(63)66-57-58(56-65-59(62)53-50-47-44-41-38-21-18-15-12-9-6-3)67-61(64)55-52-49-46-43-40-37-35-33-31-29-27-25-23-20-17-14-11-8-5-2/h7,10,15-16,18-19,24,26,30,32,58H,4-6,8-9,11-14,17,20-23,25,27-29,31,33-57H2,1-3H3/b10-7-,18-15-,19-16-,26-24-,32-30-. The first kappa shape index (κ1) is 64.1.